The van der Waals surface area contributed by atoms with E-state index in [1.165, 1.54) is 0 Å². The van der Waals surface area contributed by atoms with Gasteiger partial charge in [-0.25, -0.2) is 0 Å². The lowest BCUT2D eigenvalue weighted by Crippen LogP contribution is -2.29. The molecule has 0 saturated carbocycles. The molecule has 1 saturated heterocycles. The lowest BCUT2D eigenvalue weighted by atomic mass is 10.1. The summed E-state index contributed by atoms with van der Waals surface area (Å²) in [5.41, 5.74) is 1.09. The van der Waals surface area contributed by atoms with Gasteiger partial charge in [0.25, 0.3) is 0 Å². The third kappa shape index (κ3) is 4.74. The van der Waals surface area contributed by atoms with E-state index in [0.717, 1.165) is 41.9 Å². The number of rotatable bonds is 3. The van der Waals surface area contributed by atoms with E-state index < -0.39 is 23.6 Å². The minimum Gasteiger partial charge on any atom is -0.318 e. The number of hydrogen-bond acceptors (Lipinski definition) is 3. The summed E-state index contributed by atoms with van der Waals surface area (Å²) >= 11 is 0. The average Bonchev–Trinajstić information content (AvgIpc) is 3.07. The molecule has 0 aliphatic carbocycles. The van der Waals surface area contributed by atoms with Gasteiger partial charge in [0, 0.05) is 30.0 Å². The van der Waals surface area contributed by atoms with Crippen molar-refractivity contribution in [3.8, 4) is 0 Å². The largest absolute Gasteiger partial charge is 0.416 e. The van der Waals surface area contributed by atoms with E-state index in [0.29, 0.717) is 18.7 Å². The molecule has 2 aromatic rings. The van der Waals surface area contributed by atoms with Crippen LogP contribution in [0.25, 0.3) is 0 Å². The second kappa shape index (κ2) is 7.94. The zero-order chi connectivity index (χ0) is 21.2. The predicted octanol–water partition coefficient (Wildman–Crippen LogP) is 3.72. The van der Waals surface area contributed by atoms with Gasteiger partial charge in [0.2, 0.25) is 5.91 Å². The number of alkyl halides is 3. The van der Waals surface area contributed by atoms with Gasteiger partial charge in [-0.15, -0.1) is 0 Å². The Morgan fingerprint density at radius 2 is 1.55 bits per heavy atom. The van der Waals surface area contributed by atoms with Crippen LogP contribution in [-0.2, 0) is 20.6 Å². The number of nitrogens with one attached hydrogen (secondary N) is 2. The fraction of sp³-hybridized carbons (Fsp3) is 0.250. The maximum atomic E-state index is 12.6. The molecule has 0 bridgehead atoms. The van der Waals surface area contributed by atoms with Crippen molar-refractivity contribution in [3.63, 3.8) is 0 Å². The first-order valence-electron chi connectivity index (χ1n) is 8.86. The number of benzene rings is 2. The zero-order valence-corrected chi connectivity index (χ0v) is 15.5. The standard InChI is InChI=1S/C20H18F3N3O3/c1-12-11-15(8-9-16(12)26-10-2-3-17(26)27)25-19(29)18(28)24-14-6-4-13(5-7-14)20(21,22)23/h4-9,11H,2-3,10H2,1H3,(H,24,28)(H,25,29). The van der Waals surface area contributed by atoms with Gasteiger partial charge in [0.15, 0.2) is 0 Å². The van der Waals surface area contributed by atoms with Crippen molar-refractivity contribution in [2.24, 2.45) is 0 Å². The Morgan fingerprint density at radius 1 is 0.966 bits per heavy atom. The van der Waals surface area contributed by atoms with Crippen molar-refractivity contribution in [1.29, 1.82) is 0 Å². The SMILES string of the molecule is Cc1cc(NC(=O)C(=O)Nc2ccc(C(F)(F)F)cc2)ccc1N1CCCC1=O. The summed E-state index contributed by atoms with van der Waals surface area (Å²) in [7, 11) is 0. The normalized spacial score (nSPS) is 14.1. The predicted molar refractivity (Wildman–Crippen MR) is 101 cm³/mol. The Balaban J connectivity index is 1.63. The van der Waals surface area contributed by atoms with Gasteiger partial charge in [-0.3, -0.25) is 14.4 Å². The minimum atomic E-state index is -4.48. The van der Waals surface area contributed by atoms with Crippen molar-refractivity contribution in [3.05, 3.63) is 53.6 Å². The van der Waals surface area contributed by atoms with Crippen LogP contribution < -0.4 is 15.5 Å². The Bertz CT molecular complexity index is 956. The smallest absolute Gasteiger partial charge is 0.318 e. The van der Waals surface area contributed by atoms with E-state index in [-0.39, 0.29) is 11.6 Å². The Labute approximate surface area is 164 Å². The number of carbonyl (C=O) groups excluding carboxylic acids is 3. The lowest BCUT2D eigenvalue weighted by Gasteiger charge is -2.19. The topological polar surface area (TPSA) is 78.5 Å². The first-order chi connectivity index (χ1) is 13.6. The molecule has 2 aromatic carbocycles. The number of halogens is 3. The molecule has 0 spiro atoms. The maximum absolute atomic E-state index is 12.6. The van der Waals surface area contributed by atoms with Crippen LogP contribution in [0, 0.1) is 6.92 Å². The molecule has 0 unspecified atom stereocenters. The number of aryl methyl sites for hydroxylation is 1. The average molecular weight is 405 g/mol. The van der Waals surface area contributed by atoms with Crippen LogP contribution in [0.3, 0.4) is 0 Å². The fourth-order valence-corrected chi connectivity index (χ4v) is 3.06. The zero-order valence-electron chi connectivity index (χ0n) is 15.5. The quantitative estimate of drug-likeness (QED) is 0.764. The summed E-state index contributed by atoms with van der Waals surface area (Å²) in [5, 5.41) is 4.68. The van der Waals surface area contributed by atoms with E-state index in [1.54, 1.807) is 30.0 Å². The van der Waals surface area contributed by atoms with Gasteiger partial charge in [-0.1, -0.05) is 0 Å². The van der Waals surface area contributed by atoms with Crippen LogP contribution in [0.4, 0.5) is 30.2 Å². The van der Waals surface area contributed by atoms with Gasteiger partial charge in [-0.05, 0) is 61.4 Å². The Kier molecular flexibility index (Phi) is 5.58. The Hall–Kier alpha value is -3.36. The third-order valence-corrected chi connectivity index (χ3v) is 4.50. The van der Waals surface area contributed by atoms with Crippen molar-refractivity contribution in [1.82, 2.24) is 0 Å². The second-order valence-electron chi connectivity index (χ2n) is 6.63. The highest BCUT2D eigenvalue weighted by atomic mass is 19.4. The number of carbonyl (C=O) groups is 3. The van der Waals surface area contributed by atoms with Gasteiger partial charge in [-0.2, -0.15) is 13.2 Å². The van der Waals surface area contributed by atoms with Crippen LogP contribution in [0.2, 0.25) is 0 Å². The number of nitrogens with zero attached hydrogens (tertiary/aromatic N) is 1. The van der Waals surface area contributed by atoms with Crippen molar-refractivity contribution in [2.75, 3.05) is 22.1 Å². The van der Waals surface area contributed by atoms with Crippen LogP contribution in [0.5, 0.6) is 0 Å². The van der Waals surface area contributed by atoms with E-state index in [4.69, 9.17) is 0 Å². The minimum absolute atomic E-state index is 0.0424. The number of amides is 3. The highest BCUT2D eigenvalue weighted by molar-refractivity contribution is 6.43. The van der Waals surface area contributed by atoms with Gasteiger partial charge >= 0.3 is 18.0 Å². The third-order valence-electron chi connectivity index (χ3n) is 4.50. The van der Waals surface area contributed by atoms with Crippen molar-refractivity contribution >= 4 is 34.8 Å². The van der Waals surface area contributed by atoms with E-state index >= 15 is 0 Å². The highest BCUT2D eigenvalue weighted by Crippen LogP contribution is 2.30. The Morgan fingerprint density at radius 3 is 2.07 bits per heavy atom. The van der Waals surface area contributed by atoms with E-state index in [2.05, 4.69) is 10.6 Å². The van der Waals surface area contributed by atoms with E-state index in [1.807, 2.05) is 0 Å². The molecule has 6 nitrogen and oxygen atoms in total. The van der Waals surface area contributed by atoms with Crippen LogP contribution >= 0.6 is 0 Å². The van der Waals surface area contributed by atoms with Crippen LogP contribution in [0.15, 0.2) is 42.5 Å². The van der Waals surface area contributed by atoms with Gasteiger partial charge in [0.05, 0.1) is 5.56 Å². The highest BCUT2D eigenvalue weighted by Gasteiger charge is 2.30. The summed E-state index contributed by atoms with van der Waals surface area (Å²) < 4.78 is 37.7. The summed E-state index contributed by atoms with van der Waals surface area (Å²) in [4.78, 5) is 37.6. The fourth-order valence-electron chi connectivity index (χ4n) is 3.06. The van der Waals surface area contributed by atoms with E-state index in [9.17, 15) is 27.6 Å². The first-order valence-corrected chi connectivity index (χ1v) is 8.86. The maximum Gasteiger partial charge on any atom is 0.416 e. The molecule has 2 N–H and O–H groups in total. The molecule has 1 heterocycles. The van der Waals surface area contributed by atoms with Crippen LogP contribution in [-0.4, -0.2) is 24.3 Å². The van der Waals surface area contributed by atoms with Gasteiger partial charge < -0.3 is 15.5 Å². The molecule has 1 fully saturated rings. The summed E-state index contributed by atoms with van der Waals surface area (Å²) in [6.07, 6.45) is -3.19. The molecule has 3 amide bonds. The van der Waals surface area contributed by atoms with Gasteiger partial charge in [0.1, 0.15) is 0 Å². The first kappa shape index (κ1) is 20.4. The molecule has 0 aromatic heterocycles. The molecule has 9 heteroatoms. The number of hydrogen-bond donors (Lipinski definition) is 2. The van der Waals surface area contributed by atoms with Crippen molar-refractivity contribution in [2.45, 2.75) is 25.9 Å². The molecule has 0 atom stereocenters. The molecule has 29 heavy (non-hydrogen) atoms. The number of anilines is 3. The molecule has 1 aliphatic rings. The summed E-state index contributed by atoms with van der Waals surface area (Å²) in [6, 6.07) is 8.69. The summed E-state index contributed by atoms with van der Waals surface area (Å²) in [5.74, 6) is -1.93. The summed E-state index contributed by atoms with van der Waals surface area (Å²) in [6.45, 7) is 2.43. The molecule has 3 rings (SSSR count). The molecular formula is C20H18F3N3O3. The van der Waals surface area contributed by atoms with Crippen LogP contribution in [0.1, 0.15) is 24.0 Å². The molecular weight excluding hydrogens is 387 g/mol. The molecule has 152 valence electrons. The lowest BCUT2D eigenvalue weighted by molar-refractivity contribution is -0.137. The monoisotopic (exact) mass is 405 g/mol. The second-order valence-corrected chi connectivity index (χ2v) is 6.63. The van der Waals surface area contributed by atoms with Crippen molar-refractivity contribution < 1.29 is 27.6 Å². The molecule has 0 radical (unpaired) electrons. The molecule has 1 aliphatic heterocycles.